The van der Waals surface area contributed by atoms with Gasteiger partial charge in [-0.1, -0.05) is 0 Å². The third-order valence-corrected chi connectivity index (χ3v) is 1.56. The number of carbonyl (C=O) groups is 1. The van der Waals surface area contributed by atoms with Crippen LogP contribution in [-0.4, -0.2) is 16.1 Å². The van der Waals surface area contributed by atoms with Gasteiger partial charge in [0.05, 0.1) is 17.8 Å². The van der Waals surface area contributed by atoms with Crippen molar-refractivity contribution in [3.05, 3.63) is 29.8 Å². The van der Waals surface area contributed by atoms with Gasteiger partial charge in [0, 0.05) is 0 Å². The van der Waals surface area contributed by atoms with Crippen molar-refractivity contribution >= 4 is 5.97 Å². The fourth-order valence-electron chi connectivity index (χ4n) is 0.770. The van der Waals surface area contributed by atoms with E-state index in [-0.39, 0.29) is 0 Å². The molecule has 1 rings (SSSR count). The highest BCUT2D eigenvalue weighted by Gasteiger charge is 2.14. The van der Waals surface area contributed by atoms with Crippen molar-refractivity contribution in [2.75, 3.05) is 0 Å². The molecular formula is C8H8FNO2. The Morgan fingerprint density at radius 1 is 1.67 bits per heavy atom. The third kappa shape index (κ3) is 1.78. The molecule has 1 aromatic heterocycles. The molecule has 3 nitrogen and oxygen atoms in total. The number of rotatable bonds is 2. The van der Waals surface area contributed by atoms with Gasteiger partial charge in [0.25, 0.3) is 0 Å². The minimum Gasteiger partial charge on any atom is -0.481 e. The highest BCUT2D eigenvalue weighted by Crippen LogP contribution is 2.11. The summed E-state index contributed by atoms with van der Waals surface area (Å²) in [7, 11) is 0. The largest absolute Gasteiger partial charge is 0.481 e. The van der Waals surface area contributed by atoms with Crippen molar-refractivity contribution in [1.82, 2.24) is 4.98 Å². The summed E-state index contributed by atoms with van der Waals surface area (Å²) in [5.74, 6) is -2.11. The van der Waals surface area contributed by atoms with Gasteiger partial charge < -0.3 is 5.11 Å². The van der Waals surface area contributed by atoms with Gasteiger partial charge in [0.1, 0.15) is 5.82 Å². The van der Waals surface area contributed by atoms with Crippen LogP contribution in [-0.2, 0) is 4.79 Å². The lowest BCUT2D eigenvalue weighted by molar-refractivity contribution is -0.138. The molecule has 64 valence electrons. The molecule has 12 heavy (non-hydrogen) atoms. The first kappa shape index (κ1) is 8.64. The van der Waals surface area contributed by atoms with Crippen molar-refractivity contribution in [2.45, 2.75) is 12.8 Å². The molecule has 1 atom stereocenters. The lowest BCUT2D eigenvalue weighted by atomic mass is 10.1. The Morgan fingerprint density at radius 3 is 2.75 bits per heavy atom. The molecule has 0 fully saturated rings. The van der Waals surface area contributed by atoms with Gasteiger partial charge in [-0.25, -0.2) is 4.39 Å². The van der Waals surface area contributed by atoms with Gasteiger partial charge in [0.2, 0.25) is 0 Å². The number of hydrogen-bond acceptors (Lipinski definition) is 2. The van der Waals surface area contributed by atoms with Crippen LogP contribution in [0.4, 0.5) is 4.39 Å². The summed E-state index contributed by atoms with van der Waals surface area (Å²) in [5, 5.41) is 8.57. The van der Waals surface area contributed by atoms with E-state index in [0.717, 1.165) is 6.20 Å². The molecule has 0 aliphatic heterocycles. The number of carboxylic acids is 1. The van der Waals surface area contributed by atoms with Crippen LogP contribution in [0.15, 0.2) is 18.3 Å². The first-order chi connectivity index (χ1) is 5.61. The van der Waals surface area contributed by atoms with Crippen LogP contribution >= 0.6 is 0 Å². The highest BCUT2D eigenvalue weighted by molar-refractivity contribution is 5.74. The van der Waals surface area contributed by atoms with E-state index in [4.69, 9.17) is 5.11 Å². The molecule has 0 saturated heterocycles. The minimum absolute atomic E-state index is 0.365. The fourth-order valence-corrected chi connectivity index (χ4v) is 0.770. The Morgan fingerprint density at radius 2 is 2.33 bits per heavy atom. The van der Waals surface area contributed by atoms with Gasteiger partial charge in [-0.15, -0.1) is 0 Å². The SMILES string of the molecule is C[C@H](C(=O)O)c1ccc(F)cn1. The maximum absolute atomic E-state index is 12.3. The number of nitrogens with zero attached hydrogens (tertiary/aromatic N) is 1. The van der Waals surface area contributed by atoms with E-state index in [1.165, 1.54) is 19.1 Å². The normalized spacial score (nSPS) is 12.5. The van der Waals surface area contributed by atoms with Gasteiger partial charge in [-0.2, -0.15) is 0 Å². The zero-order chi connectivity index (χ0) is 9.14. The summed E-state index contributed by atoms with van der Waals surface area (Å²) in [6.45, 7) is 1.50. The summed E-state index contributed by atoms with van der Waals surface area (Å²) in [5.41, 5.74) is 0.365. The first-order valence-electron chi connectivity index (χ1n) is 3.45. The lowest BCUT2D eigenvalue weighted by Crippen LogP contribution is -2.08. The number of carboxylic acid groups (broad SMARTS) is 1. The predicted octanol–water partition coefficient (Wildman–Crippen LogP) is 1.41. The molecule has 0 aliphatic rings. The number of aromatic nitrogens is 1. The molecule has 0 saturated carbocycles. The van der Waals surface area contributed by atoms with Crippen molar-refractivity contribution < 1.29 is 14.3 Å². The van der Waals surface area contributed by atoms with Crippen molar-refractivity contribution in [1.29, 1.82) is 0 Å². The molecule has 0 bridgehead atoms. The van der Waals surface area contributed by atoms with Crippen LogP contribution in [0.5, 0.6) is 0 Å². The van der Waals surface area contributed by atoms with E-state index < -0.39 is 17.7 Å². The molecule has 0 spiro atoms. The van der Waals surface area contributed by atoms with E-state index in [2.05, 4.69) is 4.98 Å². The second-order valence-electron chi connectivity index (χ2n) is 2.46. The summed E-state index contributed by atoms with van der Waals surface area (Å²) < 4.78 is 12.3. The topological polar surface area (TPSA) is 50.2 Å². The van der Waals surface area contributed by atoms with Crippen LogP contribution in [0.3, 0.4) is 0 Å². The third-order valence-electron chi connectivity index (χ3n) is 1.56. The maximum atomic E-state index is 12.3. The summed E-state index contributed by atoms with van der Waals surface area (Å²) in [6.07, 6.45) is 1.01. The average Bonchev–Trinajstić information content (AvgIpc) is 2.04. The zero-order valence-corrected chi connectivity index (χ0v) is 6.49. The van der Waals surface area contributed by atoms with E-state index >= 15 is 0 Å². The first-order valence-corrected chi connectivity index (χ1v) is 3.45. The van der Waals surface area contributed by atoms with Gasteiger partial charge in [0.15, 0.2) is 0 Å². The quantitative estimate of drug-likeness (QED) is 0.728. The van der Waals surface area contributed by atoms with E-state index in [1.54, 1.807) is 0 Å². The molecule has 4 heteroatoms. The standard InChI is InChI=1S/C8H8FNO2/c1-5(8(11)12)7-3-2-6(9)4-10-7/h2-5H,1H3,(H,11,12)/t5-/m0/s1. The van der Waals surface area contributed by atoms with E-state index in [9.17, 15) is 9.18 Å². The van der Waals surface area contributed by atoms with Gasteiger partial charge in [-0.05, 0) is 19.1 Å². The summed E-state index contributed by atoms with van der Waals surface area (Å²) in [6, 6.07) is 2.57. The van der Waals surface area contributed by atoms with E-state index in [0.29, 0.717) is 5.69 Å². The Balaban J connectivity index is 2.89. The van der Waals surface area contributed by atoms with Crippen LogP contribution in [0.25, 0.3) is 0 Å². The Bertz CT molecular complexity index is 284. The zero-order valence-electron chi connectivity index (χ0n) is 6.49. The van der Waals surface area contributed by atoms with Crippen LogP contribution in [0, 0.1) is 5.82 Å². The van der Waals surface area contributed by atoms with Crippen molar-refractivity contribution in [3.8, 4) is 0 Å². The number of hydrogen-bond donors (Lipinski definition) is 1. The average molecular weight is 169 g/mol. The Kier molecular flexibility index (Phi) is 2.38. The van der Waals surface area contributed by atoms with Crippen LogP contribution < -0.4 is 0 Å². The Labute approximate surface area is 68.9 Å². The van der Waals surface area contributed by atoms with Crippen molar-refractivity contribution in [2.24, 2.45) is 0 Å². The molecule has 0 unspecified atom stereocenters. The number of aliphatic carboxylic acids is 1. The van der Waals surface area contributed by atoms with Crippen LogP contribution in [0.1, 0.15) is 18.5 Å². The lowest BCUT2D eigenvalue weighted by Gasteiger charge is -2.03. The molecule has 0 aliphatic carbocycles. The second kappa shape index (κ2) is 3.30. The maximum Gasteiger partial charge on any atom is 0.312 e. The molecule has 0 aromatic carbocycles. The highest BCUT2D eigenvalue weighted by atomic mass is 19.1. The predicted molar refractivity (Wildman–Crippen MR) is 40.2 cm³/mol. The summed E-state index contributed by atoms with van der Waals surface area (Å²) in [4.78, 5) is 14.1. The second-order valence-corrected chi connectivity index (χ2v) is 2.46. The fraction of sp³-hybridized carbons (Fsp3) is 0.250. The number of pyridine rings is 1. The van der Waals surface area contributed by atoms with E-state index in [1.807, 2.05) is 0 Å². The molecule has 0 radical (unpaired) electrons. The monoisotopic (exact) mass is 169 g/mol. The smallest absolute Gasteiger partial charge is 0.312 e. The molecular weight excluding hydrogens is 161 g/mol. The van der Waals surface area contributed by atoms with Gasteiger partial charge in [-0.3, -0.25) is 9.78 Å². The molecule has 0 amide bonds. The number of halogens is 1. The molecule has 1 heterocycles. The van der Waals surface area contributed by atoms with Gasteiger partial charge >= 0.3 is 5.97 Å². The summed E-state index contributed by atoms with van der Waals surface area (Å²) >= 11 is 0. The van der Waals surface area contributed by atoms with Crippen molar-refractivity contribution in [3.63, 3.8) is 0 Å². The molecule has 1 N–H and O–H groups in total. The Hall–Kier alpha value is -1.45. The molecule has 1 aromatic rings. The van der Waals surface area contributed by atoms with Crippen LogP contribution in [0.2, 0.25) is 0 Å². The minimum atomic E-state index is -0.964.